The zero-order valence-corrected chi connectivity index (χ0v) is 36.9. The number of fused-ring (bicyclic) bond motifs is 2. The maximum atomic E-state index is 12.5. The number of azo groups is 2. The van der Waals surface area contributed by atoms with Gasteiger partial charge in [-0.1, -0.05) is 24.3 Å². The molecule has 0 spiro atoms. The normalized spacial score (nSPS) is 13.5. The predicted molar refractivity (Wildman–Crippen MR) is 229 cm³/mol. The Morgan fingerprint density at radius 2 is 0.712 bits per heavy atom. The van der Waals surface area contributed by atoms with Gasteiger partial charge in [-0.3, -0.25) is 27.3 Å². The Bertz CT molecular complexity index is 3660. The lowest BCUT2D eigenvalue weighted by Gasteiger charge is -2.12. The molecule has 66 heavy (non-hydrogen) atoms. The van der Waals surface area contributed by atoms with Gasteiger partial charge in [-0.05, 0) is 82.6 Å². The molecule has 0 aliphatic carbocycles. The highest BCUT2D eigenvalue weighted by Gasteiger charge is 2.27. The molecule has 0 aliphatic rings. The molecule has 0 unspecified atom stereocenters. The molecule has 26 nitrogen and oxygen atoms in total. The van der Waals surface area contributed by atoms with E-state index in [2.05, 4.69) is 20.5 Å². The number of rotatable bonds is 12. The molecule has 0 saturated carbocycles. The zero-order valence-electron chi connectivity index (χ0n) is 32.0. The summed E-state index contributed by atoms with van der Waals surface area (Å²) in [6.07, 6.45) is 1.85. The fourth-order valence-electron chi connectivity index (χ4n) is 6.15. The van der Waals surface area contributed by atoms with E-state index in [0.717, 1.165) is 48.6 Å². The van der Waals surface area contributed by atoms with Crippen LogP contribution in [0.3, 0.4) is 0 Å². The molecule has 348 valence electrons. The number of hydrogen-bond donors (Lipinski definition) is 10. The molecule has 6 rings (SSSR count). The van der Waals surface area contributed by atoms with Gasteiger partial charge in [0.25, 0.3) is 60.7 Å². The Kier molecular flexibility index (Phi) is 12.4. The largest absolute Gasteiger partial charge is 0.505 e. The van der Waals surface area contributed by atoms with Crippen LogP contribution in [0.1, 0.15) is 11.1 Å². The van der Waals surface area contributed by atoms with Crippen LogP contribution in [-0.4, -0.2) is 88.0 Å². The van der Waals surface area contributed by atoms with E-state index in [9.17, 15) is 88.0 Å². The lowest BCUT2D eigenvalue weighted by atomic mass is 10.1. The minimum atomic E-state index is -5.29. The van der Waals surface area contributed by atoms with Gasteiger partial charge >= 0.3 is 0 Å². The zero-order chi connectivity index (χ0) is 49.3. The van der Waals surface area contributed by atoms with Crippen molar-refractivity contribution in [3.05, 3.63) is 83.9 Å². The van der Waals surface area contributed by atoms with Gasteiger partial charge in [-0.25, -0.2) is 0 Å². The molecule has 6 aromatic rings. The van der Waals surface area contributed by atoms with Crippen LogP contribution in [0.5, 0.6) is 11.5 Å². The van der Waals surface area contributed by atoms with Gasteiger partial charge in [-0.2, -0.15) is 60.7 Å². The van der Waals surface area contributed by atoms with Crippen LogP contribution >= 0.6 is 0 Å². The van der Waals surface area contributed by atoms with E-state index in [1.807, 2.05) is 0 Å². The molecule has 32 heteroatoms. The molecule has 0 bridgehead atoms. The number of benzene rings is 6. The van der Waals surface area contributed by atoms with Crippen molar-refractivity contribution < 1.29 is 88.0 Å². The summed E-state index contributed by atoms with van der Waals surface area (Å²) in [7, 11) is -30.8. The molecule has 0 aromatic heterocycles. The van der Waals surface area contributed by atoms with E-state index < -0.39 is 157 Å². The first-order chi connectivity index (χ1) is 30.2. The second kappa shape index (κ2) is 16.7. The minimum Gasteiger partial charge on any atom is -0.505 e. The third-order valence-corrected chi connectivity index (χ3v) is 14.2. The summed E-state index contributed by atoms with van der Waals surface area (Å²) in [5.74, 6) is -2.14. The number of aromatic hydroxyl groups is 2. The number of hydrogen-bond acceptors (Lipinski definition) is 20. The first-order valence-corrected chi connectivity index (χ1v) is 25.6. The molecule has 0 saturated heterocycles. The van der Waals surface area contributed by atoms with Crippen molar-refractivity contribution in [3.63, 3.8) is 0 Å². The Labute approximate surface area is 371 Å². The van der Waals surface area contributed by atoms with E-state index in [0.29, 0.717) is 36.4 Å². The number of nitrogens with zero attached hydrogens (tertiary/aromatic N) is 4. The molecule has 0 heterocycles. The third kappa shape index (κ3) is 10.1. The second-order valence-electron chi connectivity index (χ2n) is 13.4. The topological polar surface area (TPSA) is 468 Å². The van der Waals surface area contributed by atoms with Crippen LogP contribution in [0.25, 0.3) is 33.7 Å². The molecular formula is C34H26N6O20S6. The SMILES string of the molecule is Nc1cc(S(=O)(=O)O)cc2cc(S(=O)(=O)O)c(N=Nc3ccc(/C=C/c4ccc(N=Nc5c(S(=O)(=O)O)cc6cc(S(=O)(=O)O)cc(N)c6c5O)cc4S(=O)(=O)O)c(S(=O)(=O)O)c3)c(O)c12. The van der Waals surface area contributed by atoms with E-state index >= 15 is 0 Å². The third-order valence-electron chi connectivity index (χ3n) is 8.98. The van der Waals surface area contributed by atoms with Crippen LogP contribution in [0.2, 0.25) is 0 Å². The summed E-state index contributed by atoms with van der Waals surface area (Å²) in [4.78, 5) is -5.79. The molecule has 6 aromatic carbocycles. The van der Waals surface area contributed by atoms with Gasteiger partial charge in [0.2, 0.25) is 0 Å². The van der Waals surface area contributed by atoms with E-state index in [4.69, 9.17) is 11.5 Å². The van der Waals surface area contributed by atoms with Gasteiger partial charge in [0.1, 0.15) is 31.0 Å². The number of phenols is 2. The van der Waals surface area contributed by atoms with Crippen molar-refractivity contribution in [3.8, 4) is 11.5 Å². The second-order valence-corrected chi connectivity index (χ2v) is 21.8. The van der Waals surface area contributed by atoms with Crippen LogP contribution < -0.4 is 11.5 Å². The lowest BCUT2D eigenvalue weighted by Crippen LogP contribution is -2.03. The van der Waals surface area contributed by atoms with Crippen LogP contribution in [0.4, 0.5) is 34.1 Å². The first-order valence-electron chi connectivity index (χ1n) is 17.0. The Morgan fingerprint density at radius 1 is 0.394 bits per heavy atom. The first kappa shape index (κ1) is 48.9. The highest BCUT2D eigenvalue weighted by atomic mass is 32.2. The molecule has 0 aliphatic heterocycles. The van der Waals surface area contributed by atoms with E-state index in [-0.39, 0.29) is 11.1 Å². The average Bonchev–Trinajstić information content (AvgIpc) is 3.16. The average molecular weight is 1030 g/mol. The highest BCUT2D eigenvalue weighted by molar-refractivity contribution is 7.87. The van der Waals surface area contributed by atoms with Gasteiger partial charge < -0.3 is 21.7 Å². The summed E-state index contributed by atoms with van der Waals surface area (Å²) in [5.41, 5.74) is 6.99. The Hall–Kier alpha value is -6.56. The lowest BCUT2D eigenvalue weighted by molar-refractivity contribution is 0.471. The predicted octanol–water partition coefficient (Wildman–Crippen LogP) is 5.05. The number of nitrogens with two attached hydrogens (primary N) is 2. The molecule has 0 fully saturated rings. The smallest absolute Gasteiger partial charge is 0.296 e. The molecule has 0 amide bonds. The summed E-state index contributed by atoms with van der Waals surface area (Å²) in [6.45, 7) is 0. The molecule has 12 N–H and O–H groups in total. The van der Waals surface area contributed by atoms with Crippen molar-refractivity contribution in [1.29, 1.82) is 0 Å². The standard InChI is InChI=1S/C34H26N6O20S6/c35-23-13-21(61(43,44)45)7-17-9-27(65(55,56)57)31(33(41)29(17)23)39-37-19-5-3-15(25(11-19)63(49,50)51)1-2-16-4-6-20(12-26(16)64(52,53)54)38-40-32-28(66(58,59)60)10-18-8-22(62(46,47)48)14-24(36)30(18)34(32)42/h1-14,41-42H,35-36H2,(H,43,44,45)(H,46,47,48)(H,49,50,51)(H,52,53,54)(H,55,56,57)(H,58,59,60)/b2-1+,39-37?,40-38?. The maximum Gasteiger partial charge on any atom is 0.296 e. The van der Waals surface area contributed by atoms with Crippen molar-refractivity contribution in [2.24, 2.45) is 20.5 Å². The molecule has 0 atom stereocenters. The quantitative estimate of drug-likeness (QED) is 0.0332. The van der Waals surface area contributed by atoms with Crippen LogP contribution in [-0.2, 0) is 60.7 Å². The summed E-state index contributed by atoms with van der Waals surface area (Å²) >= 11 is 0. The number of phenolic OH excluding ortho intramolecular Hbond substituents is 2. The Balaban J connectivity index is 1.40. The number of nitrogen functional groups attached to an aromatic ring is 2. The monoisotopic (exact) mass is 1030 g/mol. The molecule has 0 radical (unpaired) electrons. The highest BCUT2D eigenvalue weighted by Crippen LogP contribution is 2.46. The fraction of sp³-hybridized carbons (Fsp3) is 0. The Morgan fingerprint density at radius 3 is 1.00 bits per heavy atom. The van der Waals surface area contributed by atoms with E-state index in [1.165, 1.54) is 0 Å². The summed E-state index contributed by atoms with van der Waals surface area (Å²) in [5, 5.41) is 34.8. The van der Waals surface area contributed by atoms with Crippen molar-refractivity contribution in [2.75, 3.05) is 11.5 Å². The van der Waals surface area contributed by atoms with Gasteiger partial charge in [-0.15, -0.1) is 10.2 Å². The maximum absolute atomic E-state index is 12.5. The van der Waals surface area contributed by atoms with Crippen LogP contribution in [0, 0.1) is 0 Å². The minimum absolute atomic E-state index is 0.386. The van der Waals surface area contributed by atoms with E-state index in [1.54, 1.807) is 0 Å². The number of anilines is 2. The van der Waals surface area contributed by atoms with Gasteiger partial charge in [0.05, 0.1) is 21.2 Å². The summed E-state index contributed by atoms with van der Waals surface area (Å²) in [6, 6.07) is 9.48. The van der Waals surface area contributed by atoms with Crippen molar-refractivity contribution >= 4 is 129 Å². The molecular weight excluding hydrogens is 1000 g/mol. The van der Waals surface area contributed by atoms with Crippen molar-refractivity contribution in [1.82, 2.24) is 0 Å². The van der Waals surface area contributed by atoms with Crippen molar-refractivity contribution in [2.45, 2.75) is 29.4 Å². The van der Waals surface area contributed by atoms with Crippen LogP contribution in [0.15, 0.2) is 123 Å². The summed E-state index contributed by atoms with van der Waals surface area (Å²) < 4.78 is 204. The fourth-order valence-corrected chi connectivity index (χ4v) is 9.98. The van der Waals surface area contributed by atoms with Gasteiger partial charge in [0.15, 0.2) is 11.5 Å². The van der Waals surface area contributed by atoms with Gasteiger partial charge in [0, 0.05) is 22.1 Å².